The van der Waals surface area contributed by atoms with Crippen LogP contribution in [-0.4, -0.2) is 65.5 Å². The second-order valence-corrected chi connectivity index (χ2v) is 7.45. The Bertz CT molecular complexity index is 736. The number of carbonyl (C=O) groups excluding carboxylic acids is 1. The topological polar surface area (TPSA) is 150 Å². The number of hydroxylamine groups is 1. The van der Waals surface area contributed by atoms with Gasteiger partial charge in [0.1, 0.15) is 0 Å². The van der Waals surface area contributed by atoms with Gasteiger partial charge >= 0.3 is 0 Å². The van der Waals surface area contributed by atoms with E-state index in [1.54, 1.807) is 24.0 Å². The van der Waals surface area contributed by atoms with Crippen molar-refractivity contribution >= 4 is 23.5 Å². The van der Waals surface area contributed by atoms with Gasteiger partial charge in [-0.2, -0.15) is 4.99 Å². The van der Waals surface area contributed by atoms with Crippen LogP contribution in [0.2, 0.25) is 0 Å². The lowest BCUT2D eigenvalue weighted by Crippen LogP contribution is -2.40. The van der Waals surface area contributed by atoms with Gasteiger partial charge in [-0.05, 0) is 39.8 Å². The Labute approximate surface area is 170 Å². The number of aromatic nitrogens is 1. The summed E-state index contributed by atoms with van der Waals surface area (Å²) in [6.45, 7) is 9.36. The van der Waals surface area contributed by atoms with E-state index in [-0.39, 0.29) is 17.7 Å². The fourth-order valence-corrected chi connectivity index (χ4v) is 2.21. The molecule has 1 aromatic rings. The summed E-state index contributed by atoms with van der Waals surface area (Å²) in [5.74, 6) is 0.406. The van der Waals surface area contributed by atoms with Crippen LogP contribution >= 0.6 is 0 Å². The van der Waals surface area contributed by atoms with Crippen molar-refractivity contribution in [2.24, 2.45) is 21.5 Å². The molecular weight excluding hydrogens is 378 g/mol. The minimum atomic E-state index is -0.518. The van der Waals surface area contributed by atoms with E-state index in [9.17, 15) is 4.79 Å². The van der Waals surface area contributed by atoms with Gasteiger partial charge in [0.2, 0.25) is 5.96 Å². The molecule has 2 rings (SSSR count). The Morgan fingerprint density at radius 2 is 2.03 bits per heavy atom. The Balaban J connectivity index is 2.05. The van der Waals surface area contributed by atoms with Gasteiger partial charge in [0.15, 0.2) is 11.7 Å². The van der Waals surface area contributed by atoms with E-state index in [1.807, 2.05) is 20.8 Å². The van der Waals surface area contributed by atoms with E-state index >= 15 is 0 Å². The number of nitrogens with two attached hydrogens (primary N) is 2. The molecule has 1 fully saturated rings. The third-order valence-corrected chi connectivity index (χ3v) is 3.60. The summed E-state index contributed by atoms with van der Waals surface area (Å²) in [7, 11) is 0. The number of pyridine rings is 1. The van der Waals surface area contributed by atoms with E-state index in [0.717, 1.165) is 0 Å². The minimum Gasteiger partial charge on any atom is -0.378 e. The molecular formula is C18H29N7O4. The molecule has 2 heterocycles. The van der Waals surface area contributed by atoms with Crippen LogP contribution in [0.4, 0.5) is 5.82 Å². The van der Waals surface area contributed by atoms with Crippen LogP contribution in [0.1, 0.15) is 38.1 Å². The predicted molar refractivity (Wildman–Crippen MR) is 108 cm³/mol. The molecule has 160 valence electrons. The Hall–Kier alpha value is -2.60. The molecule has 0 aliphatic carbocycles. The highest BCUT2D eigenvalue weighted by Gasteiger charge is 2.19. The number of aliphatic imine (C=N–C) groups is 2. The molecule has 0 spiro atoms. The summed E-state index contributed by atoms with van der Waals surface area (Å²) < 4.78 is 5.26. The second kappa shape index (κ2) is 10.3. The Kier molecular flexibility index (Phi) is 8.02. The van der Waals surface area contributed by atoms with Crippen molar-refractivity contribution in [2.45, 2.75) is 39.3 Å². The zero-order valence-corrected chi connectivity index (χ0v) is 17.2. The average Bonchev–Trinajstić information content (AvgIpc) is 2.67. The summed E-state index contributed by atoms with van der Waals surface area (Å²) in [4.78, 5) is 36.7. The molecule has 1 aromatic heterocycles. The number of guanidine groups is 1. The predicted octanol–water partition coefficient (Wildman–Crippen LogP) is 0.497. The molecule has 29 heavy (non-hydrogen) atoms. The molecule has 0 saturated carbocycles. The van der Waals surface area contributed by atoms with Crippen LogP contribution in [0.25, 0.3) is 0 Å². The van der Waals surface area contributed by atoms with Crippen molar-refractivity contribution in [2.75, 3.05) is 26.3 Å². The lowest BCUT2D eigenvalue weighted by Gasteiger charge is -2.26. The van der Waals surface area contributed by atoms with E-state index in [2.05, 4.69) is 20.4 Å². The SMILES string of the molecule is CC(N)C(N=C(N)NOOC(C)(C)C)=Nc1ccc(C(=O)N2CCOCC2)cn1. The summed E-state index contributed by atoms with van der Waals surface area (Å²) in [6, 6.07) is 2.76. The van der Waals surface area contributed by atoms with Gasteiger partial charge in [-0.1, -0.05) is 0 Å². The quantitative estimate of drug-likeness (QED) is 0.276. The van der Waals surface area contributed by atoms with Crippen molar-refractivity contribution in [1.29, 1.82) is 0 Å². The molecule has 11 heteroatoms. The number of ether oxygens (including phenoxy) is 1. The fourth-order valence-electron chi connectivity index (χ4n) is 2.21. The lowest BCUT2D eigenvalue weighted by molar-refractivity contribution is -0.371. The largest absolute Gasteiger partial charge is 0.378 e. The third kappa shape index (κ3) is 7.74. The second-order valence-electron chi connectivity index (χ2n) is 7.45. The van der Waals surface area contributed by atoms with E-state index in [4.69, 9.17) is 26.1 Å². The molecule has 0 bridgehead atoms. The van der Waals surface area contributed by atoms with Crippen molar-refractivity contribution in [3.8, 4) is 0 Å². The molecule has 1 aliphatic heterocycles. The molecule has 11 nitrogen and oxygen atoms in total. The molecule has 0 radical (unpaired) electrons. The Morgan fingerprint density at radius 3 is 2.59 bits per heavy atom. The van der Waals surface area contributed by atoms with Crippen LogP contribution in [0.15, 0.2) is 28.3 Å². The van der Waals surface area contributed by atoms with Crippen molar-refractivity contribution in [1.82, 2.24) is 15.4 Å². The number of carbonyl (C=O) groups is 1. The van der Waals surface area contributed by atoms with Gasteiger partial charge < -0.3 is 21.1 Å². The van der Waals surface area contributed by atoms with Gasteiger partial charge in [-0.3, -0.25) is 4.79 Å². The van der Waals surface area contributed by atoms with Crippen molar-refractivity contribution in [3.63, 3.8) is 0 Å². The standard InChI is InChI=1S/C18H29N7O4/c1-12(19)15(23-17(20)24-29-28-18(2,3)4)22-14-6-5-13(11-21-14)16(26)25-7-9-27-10-8-25/h5-6,11-12H,7-10,19H2,1-4H3,(H3,20,21,22,23,24). The van der Waals surface area contributed by atoms with Crippen LogP contribution < -0.4 is 16.9 Å². The average molecular weight is 407 g/mol. The van der Waals surface area contributed by atoms with E-state index in [0.29, 0.717) is 37.7 Å². The number of hydrogen-bond acceptors (Lipinski definition) is 7. The summed E-state index contributed by atoms with van der Waals surface area (Å²) in [5.41, 5.74) is 14.0. The highest BCUT2D eigenvalue weighted by Crippen LogP contribution is 2.13. The number of amidine groups is 1. The Morgan fingerprint density at radius 1 is 1.34 bits per heavy atom. The number of morpholine rings is 1. The summed E-state index contributed by atoms with van der Waals surface area (Å²) in [6.07, 6.45) is 1.47. The molecule has 1 amide bonds. The third-order valence-electron chi connectivity index (χ3n) is 3.60. The maximum absolute atomic E-state index is 12.5. The highest BCUT2D eigenvalue weighted by molar-refractivity contribution is 5.99. The monoisotopic (exact) mass is 407 g/mol. The van der Waals surface area contributed by atoms with Crippen LogP contribution in [-0.2, 0) is 14.6 Å². The zero-order chi connectivity index (χ0) is 21.4. The fraction of sp³-hybridized carbons (Fsp3) is 0.556. The van der Waals surface area contributed by atoms with Crippen LogP contribution in [0.5, 0.6) is 0 Å². The van der Waals surface area contributed by atoms with Gasteiger partial charge in [0.25, 0.3) is 5.91 Å². The number of nitrogens with zero attached hydrogens (tertiary/aromatic N) is 4. The number of nitrogens with one attached hydrogen (secondary N) is 1. The molecule has 1 atom stereocenters. The van der Waals surface area contributed by atoms with Gasteiger partial charge in [0, 0.05) is 19.3 Å². The maximum atomic E-state index is 12.5. The molecule has 0 aromatic carbocycles. The first-order valence-electron chi connectivity index (χ1n) is 9.28. The van der Waals surface area contributed by atoms with Crippen LogP contribution in [0, 0.1) is 0 Å². The summed E-state index contributed by atoms with van der Waals surface area (Å²) in [5, 5.41) is 0. The number of amides is 1. The lowest BCUT2D eigenvalue weighted by atomic mass is 10.2. The van der Waals surface area contributed by atoms with E-state index < -0.39 is 11.6 Å². The van der Waals surface area contributed by atoms with Gasteiger partial charge in [0.05, 0.1) is 30.4 Å². The van der Waals surface area contributed by atoms with E-state index in [1.165, 1.54) is 6.20 Å². The van der Waals surface area contributed by atoms with Gasteiger partial charge in [-0.25, -0.2) is 20.3 Å². The molecule has 1 aliphatic rings. The number of rotatable bonds is 5. The summed E-state index contributed by atoms with van der Waals surface area (Å²) >= 11 is 0. The van der Waals surface area contributed by atoms with Crippen molar-refractivity contribution in [3.05, 3.63) is 23.9 Å². The highest BCUT2D eigenvalue weighted by atomic mass is 17.3. The van der Waals surface area contributed by atoms with Crippen molar-refractivity contribution < 1.29 is 19.4 Å². The molecule has 1 unspecified atom stereocenters. The zero-order valence-electron chi connectivity index (χ0n) is 17.2. The normalized spacial score (nSPS) is 17.2. The maximum Gasteiger partial charge on any atom is 0.255 e. The smallest absolute Gasteiger partial charge is 0.255 e. The van der Waals surface area contributed by atoms with Crippen LogP contribution in [0.3, 0.4) is 0 Å². The number of hydrogen-bond donors (Lipinski definition) is 3. The first kappa shape index (κ1) is 22.7. The minimum absolute atomic E-state index is 0.0792. The first-order chi connectivity index (χ1) is 13.7. The first-order valence-corrected chi connectivity index (χ1v) is 9.28. The molecule has 1 saturated heterocycles. The molecule has 5 N–H and O–H groups in total. The van der Waals surface area contributed by atoms with Gasteiger partial charge in [-0.15, -0.1) is 4.99 Å².